The van der Waals surface area contributed by atoms with Gasteiger partial charge in [-0.25, -0.2) is 0 Å². The molecule has 0 saturated carbocycles. The zero-order valence-corrected chi connectivity index (χ0v) is 16.1. The molecular weight excluding hydrogens is 344 g/mol. The Morgan fingerprint density at radius 3 is 2.04 bits per heavy atom. The average molecular weight is 376 g/mol. The van der Waals surface area contributed by atoms with Gasteiger partial charge in [0.15, 0.2) is 0 Å². The Morgan fingerprint density at radius 1 is 0.846 bits per heavy atom. The Kier molecular flexibility index (Phi) is 12.8. The van der Waals surface area contributed by atoms with E-state index < -0.39 is 6.35 Å². The van der Waals surface area contributed by atoms with E-state index in [0.29, 0.717) is 59.4 Å². The number of hydrogen-bond acceptors (Lipinski definition) is 9. The second kappa shape index (κ2) is 14.7. The fraction of sp³-hybridized carbons (Fsp3) is 0.824. The Labute approximate surface area is 155 Å². The summed E-state index contributed by atoms with van der Waals surface area (Å²) in [5.41, 5.74) is 0. The fourth-order valence-electron chi connectivity index (χ4n) is 2.12. The molecule has 0 N–H and O–H groups in total. The average Bonchev–Trinajstić information content (AvgIpc) is 2.97. The van der Waals surface area contributed by atoms with Gasteiger partial charge in [-0.3, -0.25) is 4.79 Å². The smallest absolute Gasteiger partial charge is 0.311 e. The monoisotopic (exact) mass is 376 g/mol. The number of hydrogen-bond donors (Lipinski definition) is 0. The van der Waals surface area contributed by atoms with Gasteiger partial charge >= 0.3 is 5.97 Å². The van der Waals surface area contributed by atoms with Crippen LogP contribution in [0.3, 0.4) is 0 Å². The van der Waals surface area contributed by atoms with Crippen molar-refractivity contribution in [3.63, 3.8) is 0 Å². The topological polar surface area (TPSA) is 78.9 Å². The first-order valence-corrected chi connectivity index (χ1v) is 8.75. The van der Waals surface area contributed by atoms with Crippen LogP contribution in [0, 0.1) is 0 Å². The molecular formula is C17H32N2O7. The van der Waals surface area contributed by atoms with Crippen LogP contribution in [0.25, 0.3) is 0 Å². The molecule has 1 heterocycles. The second-order valence-corrected chi connectivity index (χ2v) is 5.59. The summed E-state index contributed by atoms with van der Waals surface area (Å²) in [6, 6.07) is 0. The summed E-state index contributed by atoms with van der Waals surface area (Å²) >= 11 is 0. The summed E-state index contributed by atoms with van der Waals surface area (Å²) in [4.78, 5) is 15.7. The summed E-state index contributed by atoms with van der Waals surface area (Å²) in [7, 11) is 5.13. The molecule has 26 heavy (non-hydrogen) atoms. The van der Waals surface area contributed by atoms with Crippen LogP contribution in [-0.2, 0) is 33.2 Å². The van der Waals surface area contributed by atoms with E-state index in [1.54, 1.807) is 14.2 Å². The highest BCUT2D eigenvalue weighted by atomic mass is 16.6. The second-order valence-electron chi connectivity index (χ2n) is 5.59. The Morgan fingerprint density at radius 2 is 1.42 bits per heavy atom. The molecule has 0 aliphatic carbocycles. The number of nitrogens with zero attached hydrogens (tertiary/aromatic N) is 2. The molecule has 9 nitrogen and oxygen atoms in total. The SMILES string of the molecule is COCCOCCOCCOCCC(=O)OC1N(C)C=CN1CCOC. The quantitative estimate of drug-likeness (QED) is 0.278. The summed E-state index contributed by atoms with van der Waals surface area (Å²) < 4.78 is 31.4. The van der Waals surface area contributed by atoms with E-state index in [0.717, 1.165) is 0 Å². The van der Waals surface area contributed by atoms with Crippen LogP contribution in [0.4, 0.5) is 0 Å². The van der Waals surface area contributed by atoms with Crippen molar-refractivity contribution in [2.24, 2.45) is 0 Å². The molecule has 1 unspecified atom stereocenters. The molecule has 0 bridgehead atoms. The van der Waals surface area contributed by atoms with Crippen LogP contribution in [0.15, 0.2) is 12.4 Å². The maximum absolute atomic E-state index is 12.0. The lowest BCUT2D eigenvalue weighted by Gasteiger charge is -2.29. The maximum atomic E-state index is 12.0. The van der Waals surface area contributed by atoms with Crippen molar-refractivity contribution in [1.29, 1.82) is 0 Å². The van der Waals surface area contributed by atoms with Gasteiger partial charge in [0.25, 0.3) is 6.35 Å². The minimum absolute atomic E-state index is 0.197. The fourth-order valence-corrected chi connectivity index (χ4v) is 2.12. The van der Waals surface area contributed by atoms with Crippen LogP contribution in [0.2, 0.25) is 0 Å². The van der Waals surface area contributed by atoms with E-state index in [4.69, 9.17) is 28.4 Å². The minimum atomic E-state index is -0.431. The third-order valence-electron chi connectivity index (χ3n) is 3.54. The first-order chi connectivity index (χ1) is 12.7. The van der Waals surface area contributed by atoms with Gasteiger partial charge in [0.05, 0.1) is 59.3 Å². The lowest BCUT2D eigenvalue weighted by atomic mass is 10.4. The van der Waals surface area contributed by atoms with Gasteiger partial charge in [-0.05, 0) is 0 Å². The van der Waals surface area contributed by atoms with Crippen LogP contribution in [0.5, 0.6) is 0 Å². The molecule has 152 valence electrons. The van der Waals surface area contributed by atoms with Crippen LogP contribution in [-0.4, -0.2) is 103 Å². The van der Waals surface area contributed by atoms with Crippen LogP contribution >= 0.6 is 0 Å². The zero-order valence-electron chi connectivity index (χ0n) is 16.1. The third kappa shape index (κ3) is 9.93. The normalized spacial score (nSPS) is 16.5. The van der Waals surface area contributed by atoms with E-state index in [9.17, 15) is 4.79 Å². The molecule has 9 heteroatoms. The van der Waals surface area contributed by atoms with Gasteiger partial charge in [-0.1, -0.05) is 0 Å². The number of ether oxygens (including phenoxy) is 6. The molecule has 0 aromatic rings. The highest BCUT2D eigenvalue weighted by Gasteiger charge is 2.26. The Hall–Kier alpha value is -1.39. The predicted octanol–water partition coefficient (Wildman–Crippen LogP) is 0.265. The third-order valence-corrected chi connectivity index (χ3v) is 3.54. The van der Waals surface area contributed by atoms with E-state index in [1.165, 1.54) is 0 Å². The van der Waals surface area contributed by atoms with Crippen molar-refractivity contribution in [3.05, 3.63) is 12.4 Å². The maximum Gasteiger partial charge on any atom is 0.311 e. The van der Waals surface area contributed by atoms with Gasteiger partial charge in [0, 0.05) is 40.2 Å². The Bertz CT molecular complexity index is 395. The summed E-state index contributed by atoms with van der Waals surface area (Å²) in [6.45, 7) is 4.58. The predicted molar refractivity (Wildman–Crippen MR) is 94.3 cm³/mol. The molecule has 0 radical (unpaired) electrons. The molecule has 1 aliphatic heterocycles. The van der Waals surface area contributed by atoms with E-state index in [2.05, 4.69) is 0 Å². The molecule has 0 saturated heterocycles. The standard InChI is InChI=1S/C17H32N2O7/c1-18-5-6-19(7-9-21-2)17(18)26-16(20)4-8-23-12-13-25-15-14-24-11-10-22-3/h5-6,17H,4,7-15H2,1-3H3. The molecule has 1 aliphatic rings. The highest BCUT2D eigenvalue weighted by Crippen LogP contribution is 2.15. The number of carbonyl (C=O) groups is 1. The lowest BCUT2D eigenvalue weighted by Crippen LogP contribution is -2.41. The number of methoxy groups -OCH3 is 2. The van der Waals surface area contributed by atoms with Gasteiger partial charge in [-0.15, -0.1) is 0 Å². The van der Waals surface area contributed by atoms with E-state index in [-0.39, 0.29) is 12.4 Å². The molecule has 0 amide bonds. The van der Waals surface area contributed by atoms with Gasteiger partial charge in [0.1, 0.15) is 0 Å². The van der Waals surface area contributed by atoms with Crippen LogP contribution < -0.4 is 0 Å². The van der Waals surface area contributed by atoms with Crippen molar-refractivity contribution < 1.29 is 33.2 Å². The van der Waals surface area contributed by atoms with Crippen molar-refractivity contribution in [2.45, 2.75) is 12.8 Å². The van der Waals surface area contributed by atoms with Crippen LogP contribution in [0.1, 0.15) is 6.42 Å². The molecule has 0 spiro atoms. The van der Waals surface area contributed by atoms with Gasteiger partial charge in [0.2, 0.25) is 0 Å². The van der Waals surface area contributed by atoms with Gasteiger partial charge < -0.3 is 38.2 Å². The van der Waals surface area contributed by atoms with Gasteiger partial charge in [-0.2, -0.15) is 0 Å². The molecule has 0 fully saturated rings. The summed E-state index contributed by atoms with van der Waals surface area (Å²) in [5.74, 6) is -0.305. The largest absolute Gasteiger partial charge is 0.422 e. The summed E-state index contributed by atoms with van der Waals surface area (Å²) in [5, 5.41) is 0. The first kappa shape index (κ1) is 22.7. The molecule has 0 aromatic carbocycles. The van der Waals surface area contributed by atoms with E-state index in [1.807, 2.05) is 29.2 Å². The zero-order chi connectivity index (χ0) is 19.0. The lowest BCUT2D eigenvalue weighted by molar-refractivity contribution is -0.168. The highest BCUT2D eigenvalue weighted by molar-refractivity contribution is 5.69. The molecule has 1 rings (SSSR count). The van der Waals surface area contributed by atoms with E-state index >= 15 is 0 Å². The van der Waals surface area contributed by atoms with Crippen molar-refractivity contribution in [2.75, 3.05) is 80.7 Å². The Balaban J connectivity index is 1.99. The first-order valence-electron chi connectivity index (χ1n) is 8.75. The molecule has 0 aromatic heterocycles. The number of carbonyl (C=O) groups excluding carboxylic acids is 1. The van der Waals surface area contributed by atoms with Crippen molar-refractivity contribution in [3.8, 4) is 0 Å². The minimum Gasteiger partial charge on any atom is -0.422 e. The molecule has 1 atom stereocenters. The van der Waals surface area contributed by atoms with Crippen molar-refractivity contribution >= 4 is 5.97 Å². The van der Waals surface area contributed by atoms with Crippen molar-refractivity contribution in [1.82, 2.24) is 9.80 Å². The number of rotatable bonds is 16. The number of esters is 1. The summed E-state index contributed by atoms with van der Waals surface area (Å²) in [6.07, 6.45) is 3.51.